The number of phosphoric acid groups is 1. The molecule has 21 heavy (non-hydrogen) atoms. The van der Waals surface area contributed by atoms with E-state index in [0.29, 0.717) is 5.75 Å². The summed E-state index contributed by atoms with van der Waals surface area (Å²) in [5.74, 6) is 0.609. The van der Waals surface area contributed by atoms with Crippen molar-refractivity contribution in [3.05, 3.63) is 64.2 Å². The van der Waals surface area contributed by atoms with E-state index in [1.54, 1.807) is 18.2 Å². The van der Waals surface area contributed by atoms with Crippen LogP contribution in [0.3, 0.4) is 0 Å². The van der Waals surface area contributed by atoms with Gasteiger partial charge in [-0.05, 0) is 18.2 Å². The molecule has 2 aromatic rings. The number of nitro groups is 1. The summed E-state index contributed by atoms with van der Waals surface area (Å²) in [5.41, 5.74) is 0.688. The first-order valence-electron chi connectivity index (χ1n) is 6.02. The lowest BCUT2D eigenvalue weighted by Crippen LogP contribution is -2.11. The quantitative estimate of drug-likeness (QED) is 0.488. The summed E-state index contributed by atoms with van der Waals surface area (Å²) in [4.78, 5) is 10.0. The molecule has 0 bridgehead atoms. The molecule has 0 saturated carbocycles. The summed E-state index contributed by atoms with van der Waals surface area (Å²) in [6.45, 7) is 0.112. The Morgan fingerprint density at radius 1 is 1.14 bits per heavy atom. The zero-order valence-corrected chi connectivity index (χ0v) is 11.6. The maximum atomic E-state index is 12.4. The fourth-order valence-corrected chi connectivity index (χ4v) is 3.05. The molecular weight excluding hydrogens is 297 g/mol. The normalized spacial score (nSPS) is 20.2. The van der Waals surface area contributed by atoms with Crippen molar-refractivity contribution in [2.45, 2.75) is 6.61 Å². The first-order valence-corrected chi connectivity index (χ1v) is 7.48. The molecule has 8 heteroatoms. The van der Waals surface area contributed by atoms with Crippen LogP contribution in [-0.4, -0.2) is 4.92 Å². The maximum absolute atomic E-state index is 12.4. The SMILES string of the molecule is O=[N+]([O-])c1ccc(OP2(=O)OCc3ccccc3O2)cc1. The molecule has 1 aliphatic rings. The Hall–Kier alpha value is -2.37. The van der Waals surface area contributed by atoms with Gasteiger partial charge in [-0.2, -0.15) is 0 Å². The van der Waals surface area contributed by atoms with Gasteiger partial charge in [-0.3, -0.25) is 14.6 Å². The van der Waals surface area contributed by atoms with E-state index in [1.807, 2.05) is 6.07 Å². The van der Waals surface area contributed by atoms with Gasteiger partial charge in [0.15, 0.2) is 0 Å². The van der Waals surface area contributed by atoms with Crippen molar-refractivity contribution in [1.82, 2.24) is 0 Å². The van der Waals surface area contributed by atoms with Gasteiger partial charge in [0.25, 0.3) is 5.69 Å². The van der Waals surface area contributed by atoms with Crippen molar-refractivity contribution in [3.8, 4) is 11.5 Å². The number of nitrogens with zero attached hydrogens (tertiary/aromatic N) is 1. The summed E-state index contributed by atoms with van der Waals surface area (Å²) >= 11 is 0. The number of hydrogen-bond donors (Lipinski definition) is 0. The van der Waals surface area contributed by atoms with Gasteiger partial charge in [-0.1, -0.05) is 18.2 Å². The van der Waals surface area contributed by atoms with E-state index < -0.39 is 12.7 Å². The van der Waals surface area contributed by atoms with Crippen LogP contribution in [-0.2, 0) is 15.7 Å². The Morgan fingerprint density at radius 3 is 2.57 bits per heavy atom. The van der Waals surface area contributed by atoms with Crippen LogP contribution in [0, 0.1) is 10.1 Å². The van der Waals surface area contributed by atoms with Crippen LogP contribution in [0.15, 0.2) is 48.5 Å². The first-order chi connectivity index (χ1) is 10.1. The molecule has 108 valence electrons. The number of nitro benzene ring substituents is 1. The molecule has 1 aliphatic heterocycles. The fourth-order valence-electron chi connectivity index (χ4n) is 1.81. The number of benzene rings is 2. The van der Waals surface area contributed by atoms with Crippen molar-refractivity contribution >= 4 is 13.5 Å². The molecule has 0 aromatic heterocycles. The van der Waals surface area contributed by atoms with Crippen LogP contribution >= 0.6 is 7.82 Å². The molecule has 2 aromatic carbocycles. The second-order valence-corrected chi connectivity index (χ2v) is 5.78. The lowest BCUT2D eigenvalue weighted by molar-refractivity contribution is -0.384. The third-order valence-corrected chi connectivity index (χ3v) is 4.13. The van der Waals surface area contributed by atoms with Crippen molar-refractivity contribution in [3.63, 3.8) is 0 Å². The fraction of sp³-hybridized carbons (Fsp3) is 0.0769. The Kier molecular flexibility index (Phi) is 3.37. The van der Waals surface area contributed by atoms with Gasteiger partial charge in [0, 0.05) is 17.7 Å². The Morgan fingerprint density at radius 2 is 1.86 bits per heavy atom. The minimum Gasteiger partial charge on any atom is -0.395 e. The van der Waals surface area contributed by atoms with Gasteiger partial charge in [0.1, 0.15) is 11.5 Å². The third-order valence-electron chi connectivity index (χ3n) is 2.83. The molecular formula is C13H10NO6P. The highest BCUT2D eigenvalue weighted by molar-refractivity contribution is 7.49. The Balaban J connectivity index is 1.79. The third kappa shape index (κ3) is 2.89. The molecule has 0 fully saturated rings. The Labute approximate surface area is 119 Å². The van der Waals surface area contributed by atoms with E-state index in [0.717, 1.165) is 5.56 Å². The van der Waals surface area contributed by atoms with Crippen LogP contribution < -0.4 is 9.05 Å². The minimum atomic E-state index is -3.78. The molecule has 0 radical (unpaired) electrons. The first kappa shape index (κ1) is 13.6. The predicted octanol–water partition coefficient (Wildman–Crippen LogP) is 3.69. The number of para-hydroxylation sites is 1. The zero-order valence-electron chi connectivity index (χ0n) is 10.7. The topological polar surface area (TPSA) is 87.9 Å². The van der Waals surface area contributed by atoms with E-state index in [4.69, 9.17) is 13.6 Å². The van der Waals surface area contributed by atoms with Gasteiger partial charge >= 0.3 is 7.82 Å². The summed E-state index contributed by atoms with van der Waals surface area (Å²) in [5, 5.41) is 10.6. The average Bonchev–Trinajstić information content (AvgIpc) is 2.47. The van der Waals surface area contributed by atoms with Gasteiger partial charge in [-0.25, -0.2) is 4.57 Å². The molecule has 0 amide bonds. The van der Waals surface area contributed by atoms with Gasteiger partial charge in [0.05, 0.1) is 11.5 Å². The van der Waals surface area contributed by atoms with E-state index in [-0.39, 0.29) is 18.0 Å². The van der Waals surface area contributed by atoms with Gasteiger partial charge in [0.2, 0.25) is 0 Å². The molecule has 3 rings (SSSR count). The number of phosphoric ester groups is 1. The summed E-state index contributed by atoms with van der Waals surface area (Å²) < 4.78 is 28.0. The highest BCUT2D eigenvalue weighted by Crippen LogP contribution is 2.54. The van der Waals surface area contributed by atoms with Crippen molar-refractivity contribution in [1.29, 1.82) is 0 Å². The van der Waals surface area contributed by atoms with Crippen molar-refractivity contribution in [2.24, 2.45) is 0 Å². The zero-order chi connectivity index (χ0) is 14.9. The number of rotatable bonds is 3. The standard InChI is InChI=1S/C13H10NO6P/c15-14(16)11-5-7-12(8-6-11)19-21(17)18-9-10-3-1-2-4-13(10)20-21/h1-8H,9H2. The number of hydrogen-bond acceptors (Lipinski definition) is 6. The lowest BCUT2D eigenvalue weighted by atomic mass is 10.2. The van der Waals surface area contributed by atoms with E-state index >= 15 is 0 Å². The molecule has 0 saturated heterocycles. The van der Waals surface area contributed by atoms with Gasteiger partial charge < -0.3 is 9.05 Å². The smallest absolute Gasteiger partial charge is 0.395 e. The number of fused-ring (bicyclic) bond motifs is 1. The van der Waals surface area contributed by atoms with Crippen molar-refractivity contribution in [2.75, 3.05) is 0 Å². The minimum absolute atomic E-state index is 0.0866. The highest BCUT2D eigenvalue weighted by Gasteiger charge is 2.35. The largest absolute Gasteiger partial charge is 0.587 e. The summed E-state index contributed by atoms with van der Waals surface area (Å²) in [6.07, 6.45) is 0. The van der Waals surface area contributed by atoms with Crippen LogP contribution in [0.5, 0.6) is 11.5 Å². The second-order valence-electron chi connectivity index (χ2n) is 4.26. The summed E-state index contributed by atoms with van der Waals surface area (Å²) in [7, 11) is -3.78. The van der Waals surface area contributed by atoms with Crippen LogP contribution in [0.4, 0.5) is 5.69 Å². The van der Waals surface area contributed by atoms with E-state index in [9.17, 15) is 14.7 Å². The Bertz CT molecular complexity index is 730. The van der Waals surface area contributed by atoms with Crippen LogP contribution in [0.2, 0.25) is 0 Å². The summed E-state index contributed by atoms with van der Waals surface area (Å²) in [6, 6.07) is 12.2. The molecule has 0 N–H and O–H groups in total. The van der Waals surface area contributed by atoms with E-state index in [2.05, 4.69) is 0 Å². The van der Waals surface area contributed by atoms with Crippen LogP contribution in [0.25, 0.3) is 0 Å². The molecule has 1 heterocycles. The van der Waals surface area contributed by atoms with Gasteiger partial charge in [-0.15, -0.1) is 0 Å². The maximum Gasteiger partial charge on any atom is 0.587 e. The molecule has 7 nitrogen and oxygen atoms in total. The average molecular weight is 307 g/mol. The molecule has 0 spiro atoms. The molecule has 0 aliphatic carbocycles. The highest BCUT2D eigenvalue weighted by atomic mass is 31.2. The second kappa shape index (κ2) is 5.20. The van der Waals surface area contributed by atoms with E-state index in [1.165, 1.54) is 24.3 Å². The predicted molar refractivity (Wildman–Crippen MR) is 73.2 cm³/mol. The van der Waals surface area contributed by atoms with Crippen molar-refractivity contribution < 1.29 is 23.1 Å². The van der Waals surface area contributed by atoms with Crippen LogP contribution in [0.1, 0.15) is 5.56 Å². The lowest BCUT2D eigenvalue weighted by Gasteiger charge is -2.24. The molecule has 1 atom stereocenters. The number of non-ortho nitro benzene ring substituents is 1. The molecule has 1 unspecified atom stereocenters. The monoisotopic (exact) mass is 307 g/mol.